The Labute approximate surface area is 153 Å². The third-order valence-corrected chi connectivity index (χ3v) is 3.69. The third-order valence-electron chi connectivity index (χ3n) is 3.69. The third kappa shape index (κ3) is 5.81. The number of methoxy groups -OCH3 is 1. The minimum absolute atomic E-state index is 0.0742. The van der Waals surface area contributed by atoms with Crippen LogP contribution in [0.2, 0.25) is 0 Å². The highest BCUT2D eigenvalue weighted by molar-refractivity contribution is 5.92. The highest BCUT2D eigenvalue weighted by atomic mass is 16.5. The second kappa shape index (κ2) is 8.38. The molecule has 0 saturated heterocycles. The summed E-state index contributed by atoms with van der Waals surface area (Å²) in [4.78, 5) is 23.1. The van der Waals surface area contributed by atoms with Crippen LogP contribution >= 0.6 is 0 Å². The van der Waals surface area contributed by atoms with Crippen molar-refractivity contribution in [1.29, 1.82) is 0 Å². The maximum atomic E-state index is 12.0. The van der Waals surface area contributed by atoms with Crippen LogP contribution in [0, 0.1) is 0 Å². The molecular formula is C20H24N2O4. The number of nitrogens with one attached hydrogen (secondary N) is 2. The Morgan fingerprint density at radius 1 is 0.885 bits per heavy atom. The fourth-order valence-corrected chi connectivity index (χ4v) is 2.20. The Kier molecular flexibility index (Phi) is 6.22. The average molecular weight is 356 g/mol. The molecule has 2 N–H and O–H groups in total. The average Bonchev–Trinajstić information content (AvgIpc) is 2.61. The predicted octanol–water partition coefficient (Wildman–Crippen LogP) is 4.18. The summed E-state index contributed by atoms with van der Waals surface area (Å²) in [6.07, 6.45) is -0.548. The van der Waals surface area contributed by atoms with E-state index in [1.54, 1.807) is 24.3 Å². The lowest BCUT2D eigenvalue weighted by atomic mass is 9.87. The molecule has 0 saturated carbocycles. The lowest BCUT2D eigenvalue weighted by molar-refractivity contribution is -0.118. The van der Waals surface area contributed by atoms with E-state index in [2.05, 4.69) is 36.1 Å². The Morgan fingerprint density at radius 2 is 1.42 bits per heavy atom. The summed E-state index contributed by atoms with van der Waals surface area (Å²) in [5, 5.41) is 5.27. The zero-order chi connectivity index (χ0) is 19.2. The van der Waals surface area contributed by atoms with E-state index in [0.717, 1.165) is 0 Å². The number of anilines is 2. The molecule has 0 atom stereocenters. The van der Waals surface area contributed by atoms with Crippen molar-refractivity contribution in [2.75, 3.05) is 24.4 Å². The van der Waals surface area contributed by atoms with Gasteiger partial charge in [-0.1, -0.05) is 32.9 Å². The molecule has 2 aromatic carbocycles. The van der Waals surface area contributed by atoms with Gasteiger partial charge >= 0.3 is 6.09 Å². The van der Waals surface area contributed by atoms with Crippen LogP contribution in [0.15, 0.2) is 48.5 Å². The number of carbonyl (C=O) groups is 2. The molecule has 2 rings (SSSR count). The molecule has 138 valence electrons. The topological polar surface area (TPSA) is 76.7 Å². The van der Waals surface area contributed by atoms with Crippen LogP contribution in [0.5, 0.6) is 5.75 Å². The van der Waals surface area contributed by atoms with Gasteiger partial charge in [-0.15, -0.1) is 0 Å². The van der Waals surface area contributed by atoms with Crippen molar-refractivity contribution >= 4 is 23.4 Å². The van der Waals surface area contributed by atoms with E-state index >= 15 is 0 Å². The highest BCUT2D eigenvalue weighted by Crippen LogP contribution is 2.24. The van der Waals surface area contributed by atoms with Crippen LogP contribution in [-0.2, 0) is 14.9 Å². The summed E-state index contributed by atoms with van der Waals surface area (Å²) in [6.45, 7) is 6.34. The first-order valence-corrected chi connectivity index (χ1v) is 8.26. The minimum atomic E-state index is -0.548. The fraction of sp³-hybridized carbons (Fsp3) is 0.300. The molecule has 0 aromatic heterocycles. The lowest BCUT2D eigenvalue weighted by Gasteiger charge is -2.19. The zero-order valence-corrected chi connectivity index (χ0v) is 15.5. The van der Waals surface area contributed by atoms with Gasteiger partial charge in [0.2, 0.25) is 0 Å². The highest BCUT2D eigenvalue weighted by Gasteiger charge is 2.13. The van der Waals surface area contributed by atoms with Gasteiger partial charge in [0.05, 0.1) is 7.11 Å². The molecule has 2 aromatic rings. The Balaban J connectivity index is 1.84. The Bertz CT molecular complexity index is 747. The van der Waals surface area contributed by atoms with E-state index in [9.17, 15) is 9.59 Å². The number of amides is 2. The smallest absolute Gasteiger partial charge is 0.411 e. The normalized spacial score (nSPS) is 10.8. The molecule has 0 aliphatic carbocycles. The summed E-state index contributed by atoms with van der Waals surface area (Å²) in [7, 11) is 1.29. The largest absolute Gasteiger partial charge is 0.484 e. The van der Waals surface area contributed by atoms with E-state index in [4.69, 9.17) is 4.74 Å². The van der Waals surface area contributed by atoms with Crippen LogP contribution in [-0.4, -0.2) is 25.7 Å². The van der Waals surface area contributed by atoms with Crippen molar-refractivity contribution in [3.8, 4) is 5.75 Å². The van der Waals surface area contributed by atoms with Crippen LogP contribution in [0.1, 0.15) is 26.3 Å². The van der Waals surface area contributed by atoms with Gasteiger partial charge in [0.15, 0.2) is 6.61 Å². The van der Waals surface area contributed by atoms with Gasteiger partial charge in [-0.25, -0.2) is 4.79 Å². The molecule has 2 amide bonds. The second-order valence-corrected chi connectivity index (χ2v) is 6.81. The molecule has 0 radical (unpaired) electrons. The zero-order valence-electron chi connectivity index (χ0n) is 15.5. The molecule has 6 nitrogen and oxygen atoms in total. The Hall–Kier alpha value is -3.02. The van der Waals surface area contributed by atoms with Gasteiger partial charge in [0.25, 0.3) is 5.91 Å². The number of carbonyl (C=O) groups excluding carboxylic acids is 2. The van der Waals surface area contributed by atoms with E-state index in [1.165, 1.54) is 12.7 Å². The summed E-state index contributed by atoms with van der Waals surface area (Å²) in [5.41, 5.74) is 2.46. The second-order valence-electron chi connectivity index (χ2n) is 6.81. The van der Waals surface area contributed by atoms with Crippen LogP contribution in [0.3, 0.4) is 0 Å². The molecule has 0 unspecified atom stereocenters. The van der Waals surface area contributed by atoms with Gasteiger partial charge in [-0.2, -0.15) is 0 Å². The van der Waals surface area contributed by atoms with Gasteiger partial charge in [-0.05, 0) is 47.4 Å². The number of hydrogen-bond donors (Lipinski definition) is 2. The molecule has 0 bridgehead atoms. The maximum Gasteiger partial charge on any atom is 0.411 e. The lowest BCUT2D eigenvalue weighted by Crippen LogP contribution is -2.20. The monoisotopic (exact) mass is 356 g/mol. The van der Waals surface area contributed by atoms with Crippen molar-refractivity contribution in [1.82, 2.24) is 0 Å². The first-order valence-electron chi connectivity index (χ1n) is 8.26. The number of hydrogen-bond acceptors (Lipinski definition) is 4. The van der Waals surface area contributed by atoms with Gasteiger partial charge in [0.1, 0.15) is 5.75 Å². The van der Waals surface area contributed by atoms with E-state index in [0.29, 0.717) is 17.1 Å². The first kappa shape index (κ1) is 19.3. The van der Waals surface area contributed by atoms with Gasteiger partial charge in [-0.3, -0.25) is 10.1 Å². The van der Waals surface area contributed by atoms with Crippen molar-refractivity contribution < 1.29 is 19.1 Å². The quantitative estimate of drug-likeness (QED) is 0.842. The van der Waals surface area contributed by atoms with E-state index in [1.807, 2.05) is 24.3 Å². The number of ether oxygens (including phenoxy) is 2. The first-order chi connectivity index (χ1) is 12.3. The molecule has 26 heavy (non-hydrogen) atoms. The molecule has 6 heteroatoms. The SMILES string of the molecule is COC(=O)Nc1ccc(NC(=O)COc2ccc(C(C)(C)C)cc2)cc1. The molecule has 0 fully saturated rings. The summed E-state index contributed by atoms with van der Waals surface area (Å²) < 4.78 is 10.0. The maximum absolute atomic E-state index is 12.0. The van der Waals surface area contributed by atoms with Crippen LogP contribution < -0.4 is 15.4 Å². The van der Waals surface area contributed by atoms with Crippen molar-refractivity contribution in [2.24, 2.45) is 0 Å². The van der Waals surface area contributed by atoms with Gasteiger partial charge in [0, 0.05) is 11.4 Å². The molecule has 0 aliphatic heterocycles. The van der Waals surface area contributed by atoms with Crippen molar-refractivity contribution in [2.45, 2.75) is 26.2 Å². The molecule has 0 aliphatic rings. The molecule has 0 heterocycles. The van der Waals surface area contributed by atoms with Crippen LogP contribution in [0.25, 0.3) is 0 Å². The number of rotatable bonds is 5. The summed E-state index contributed by atoms with van der Waals surface area (Å²) >= 11 is 0. The van der Waals surface area contributed by atoms with Crippen molar-refractivity contribution in [3.63, 3.8) is 0 Å². The van der Waals surface area contributed by atoms with Gasteiger partial charge < -0.3 is 14.8 Å². The standard InChI is InChI=1S/C20H24N2O4/c1-20(2,3)14-5-11-17(12-6-14)26-13-18(23)21-15-7-9-16(10-8-15)22-19(24)25-4/h5-12H,13H2,1-4H3,(H,21,23)(H,22,24). The summed E-state index contributed by atoms with van der Waals surface area (Å²) in [5.74, 6) is 0.379. The number of benzene rings is 2. The summed E-state index contributed by atoms with van der Waals surface area (Å²) in [6, 6.07) is 14.4. The van der Waals surface area contributed by atoms with Crippen LogP contribution in [0.4, 0.5) is 16.2 Å². The van der Waals surface area contributed by atoms with E-state index in [-0.39, 0.29) is 17.9 Å². The van der Waals surface area contributed by atoms with Crippen molar-refractivity contribution in [3.05, 3.63) is 54.1 Å². The molecule has 0 spiro atoms. The molecular weight excluding hydrogens is 332 g/mol. The van der Waals surface area contributed by atoms with E-state index < -0.39 is 6.09 Å². The Morgan fingerprint density at radius 3 is 1.92 bits per heavy atom. The fourth-order valence-electron chi connectivity index (χ4n) is 2.20. The predicted molar refractivity (Wildman–Crippen MR) is 102 cm³/mol. The minimum Gasteiger partial charge on any atom is -0.484 e.